The average Bonchev–Trinajstić information content (AvgIpc) is 4.16. The van der Waals surface area contributed by atoms with Gasteiger partial charge in [0.05, 0.1) is 55.8 Å². The van der Waals surface area contributed by atoms with Crippen LogP contribution >= 0.6 is 11.3 Å². The maximum atomic E-state index is 12.1. The first-order valence-corrected chi connectivity index (χ1v) is 23.4. The van der Waals surface area contributed by atoms with Crippen molar-refractivity contribution in [3.8, 4) is 39.7 Å². The quantitative estimate of drug-likeness (QED) is 0.131. The number of aromatic nitrogens is 3. The summed E-state index contributed by atoms with van der Waals surface area (Å²) in [4.78, 5) is 9.52. The molecule has 0 radical (unpaired) electrons. The molecule has 6 nitrogen and oxygen atoms in total. The first-order chi connectivity index (χ1) is 33.7. The second kappa shape index (κ2) is 13.6. The number of thiophene rings is 1. The Morgan fingerprint density at radius 2 is 1.13 bits per heavy atom. The highest BCUT2D eigenvalue weighted by Crippen LogP contribution is 2.55. The average molecular weight is 882 g/mol. The molecule has 0 saturated carbocycles. The Labute approximate surface area is 391 Å². The summed E-state index contributed by atoms with van der Waals surface area (Å²) in [6.45, 7) is 9.33. The highest BCUT2D eigenvalue weighted by atomic mass is 32.1. The molecule has 0 atom stereocenters. The van der Waals surface area contributed by atoms with Crippen molar-refractivity contribution in [1.82, 2.24) is 14.1 Å². The molecule has 0 fully saturated rings. The third kappa shape index (κ3) is 4.69. The van der Waals surface area contributed by atoms with E-state index in [1.165, 1.54) is 10.1 Å². The standard InChI is InChI=1S/C61H31N5OS/c1-63-57-50(34-15-4-2-5-16-34)43(33-62)58(51(35-17-6-3-7-18-35)60(57)65-44-24-12-21-37-38-23-14-32-64-56(38)41-22-13-25-45(65)53(41)52(37)44)66-46-30-31-48-55(40-20-8-10-26-47(40)67-48)54(46)42-29-28-39-36-19-9-11-27-49(36)68-61(39)59(42)66/h2-32H. The van der Waals surface area contributed by atoms with E-state index in [9.17, 15) is 11.8 Å². The van der Waals surface area contributed by atoms with Crippen LogP contribution in [-0.2, 0) is 0 Å². The number of nitriles is 1. The van der Waals surface area contributed by atoms with E-state index in [1.54, 1.807) is 11.3 Å². The van der Waals surface area contributed by atoms with Gasteiger partial charge in [0.2, 0.25) is 5.69 Å². The van der Waals surface area contributed by atoms with Crippen LogP contribution in [0.3, 0.4) is 0 Å². The highest BCUT2D eigenvalue weighted by molar-refractivity contribution is 7.26. The molecule has 5 aromatic heterocycles. The number of rotatable bonds is 4. The lowest BCUT2D eigenvalue weighted by Crippen LogP contribution is -2.08. The molecular weight excluding hydrogens is 851 g/mol. The number of fused-ring (bicyclic) bond motifs is 14. The van der Waals surface area contributed by atoms with Gasteiger partial charge in [0.15, 0.2) is 0 Å². The van der Waals surface area contributed by atoms with E-state index in [4.69, 9.17) is 9.40 Å². The second-order valence-electron chi connectivity index (χ2n) is 17.5. The van der Waals surface area contributed by atoms with Gasteiger partial charge < -0.3 is 13.6 Å². The van der Waals surface area contributed by atoms with Crippen LogP contribution in [0.5, 0.6) is 0 Å². The molecule has 0 N–H and O–H groups in total. The third-order valence-electron chi connectivity index (χ3n) is 14.2. The van der Waals surface area contributed by atoms with Gasteiger partial charge >= 0.3 is 0 Å². The first kappa shape index (κ1) is 37.0. The number of hydrogen-bond donors (Lipinski definition) is 0. The van der Waals surface area contributed by atoms with E-state index < -0.39 is 0 Å². The minimum Gasteiger partial charge on any atom is -0.456 e. The van der Waals surface area contributed by atoms with Gasteiger partial charge in [-0.2, -0.15) is 5.26 Å². The predicted molar refractivity (Wildman–Crippen MR) is 281 cm³/mol. The van der Waals surface area contributed by atoms with Crippen molar-refractivity contribution in [2.24, 2.45) is 0 Å². The van der Waals surface area contributed by atoms with Crippen molar-refractivity contribution in [1.29, 1.82) is 5.26 Å². The van der Waals surface area contributed by atoms with Gasteiger partial charge in [-0.1, -0.05) is 140 Å². The highest BCUT2D eigenvalue weighted by Gasteiger charge is 2.33. The molecule has 5 heterocycles. The van der Waals surface area contributed by atoms with Crippen molar-refractivity contribution >= 4 is 124 Å². The Bertz CT molecular complexity index is 4660. The number of hydrogen-bond acceptors (Lipinski definition) is 4. The zero-order valence-corrected chi connectivity index (χ0v) is 36.8. The molecule has 15 aromatic rings. The van der Waals surface area contributed by atoms with Crippen molar-refractivity contribution in [2.75, 3.05) is 0 Å². The van der Waals surface area contributed by atoms with E-state index in [0.29, 0.717) is 28.2 Å². The molecule has 0 unspecified atom stereocenters. The molecule has 68 heavy (non-hydrogen) atoms. The Balaban J connectivity index is 1.25. The molecular formula is C61H31N5OS. The zero-order chi connectivity index (χ0) is 44.8. The molecule has 0 spiro atoms. The van der Waals surface area contributed by atoms with Gasteiger partial charge in [-0.25, -0.2) is 4.85 Å². The lowest BCUT2D eigenvalue weighted by molar-refractivity contribution is 0.669. The van der Waals surface area contributed by atoms with Crippen molar-refractivity contribution in [3.63, 3.8) is 0 Å². The van der Waals surface area contributed by atoms with Gasteiger partial charge in [-0.05, 0) is 59.0 Å². The van der Waals surface area contributed by atoms with Crippen LogP contribution in [0.25, 0.3) is 146 Å². The Morgan fingerprint density at radius 3 is 1.91 bits per heavy atom. The van der Waals surface area contributed by atoms with Crippen LogP contribution in [0, 0.1) is 17.9 Å². The number of furan rings is 1. The predicted octanol–water partition coefficient (Wildman–Crippen LogP) is 17.0. The molecule has 0 aliphatic rings. The van der Waals surface area contributed by atoms with Gasteiger partial charge in [-0.15, -0.1) is 11.3 Å². The lowest BCUT2D eigenvalue weighted by Gasteiger charge is -2.25. The fraction of sp³-hybridized carbons (Fsp3) is 0. The van der Waals surface area contributed by atoms with Gasteiger partial charge in [0.25, 0.3) is 0 Å². The second-order valence-corrected chi connectivity index (χ2v) is 18.5. The first-order valence-electron chi connectivity index (χ1n) is 22.6. The SMILES string of the molecule is [C-]#[N+]c1c(-c2ccccc2)c(C#N)c(-n2c3ccc4oc5ccccc5c4c3c3ccc4c5ccccc5sc4c32)c(-c2ccccc2)c1-n1c2cccc3c4cccnc4c4cccc1c4c32. The fourth-order valence-corrected chi connectivity index (χ4v) is 12.8. The van der Waals surface area contributed by atoms with Crippen LogP contribution < -0.4 is 0 Å². The van der Waals surface area contributed by atoms with Gasteiger partial charge in [-0.3, -0.25) is 4.98 Å². The fourth-order valence-electron chi connectivity index (χ4n) is 11.6. The van der Waals surface area contributed by atoms with Crippen LogP contribution in [0.2, 0.25) is 0 Å². The summed E-state index contributed by atoms with van der Waals surface area (Å²) in [6, 6.07) is 65.8. The summed E-state index contributed by atoms with van der Waals surface area (Å²) in [5.74, 6) is 0. The minimum absolute atomic E-state index is 0.399. The summed E-state index contributed by atoms with van der Waals surface area (Å²) in [5.41, 5.74) is 11.7. The van der Waals surface area contributed by atoms with Crippen LogP contribution in [0.15, 0.2) is 193 Å². The van der Waals surface area contributed by atoms with E-state index in [2.05, 4.69) is 135 Å². The molecule has 0 bridgehead atoms. The Kier molecular flexibility index (Phi) is 7.42. The number of para-hydroxylation sites is 1. The van der Waals surface area contributed by atoms with Crippen molar-refractivity contribution < 1.29 is 4.42 Å². The zero-order valence-electron chi connectivity index (χ0n) is 36.0. The summed E-state index contributed by atoms with van der Waals surface area (Å²) in [6.07, 6.45) is 1.86. The Morgan fingerprint density at radius 1 is 0.500 bits per heavy atom. The van der Waals surface area contributed by atoms with E-state index in [1.807, 2.05) is 72.9 Å². The summed E-state index contributed by atoms with van der Waals surface area (Å²) in [7, 11) is 0. The van der Waals surface area contributed by atoms with E-state index >= 15 is 0 Å². The lowest BCUT2D eigenvalue weighted by atomic mass is 9.88. The normalized spacial score (nSPS) is 12.1. The third-order valence-corrected chi connectivity index (χ3v) is 15.4. The molecule has 0 saturated heterocycles. The summed E-state index contributed by atoms with van der Waals surface area (Å²) >= 11 is 1.77. The molecule has 312 valence electrons. The molecule has 0 aliphatic heterocycles. The van der Waals surface area contributed by atoms with E-state index in [0.717, 1.165) is 114 Å². The largest absolute Gasteiger partial charge is 0.456 e. The maximum Gasteiger partial charge on any atom is 0.220 e. The molecule has 10 aromatic carbocycles. The Hall–Kier alpha value is -9.27. The monoisotopic (exact) mass is 881 g/mol. The topological polar surface area (TPSA) is 64.0 Å². The molecule has 15 rings (SSSR count). The molecule has 0 aliphatic carbocycles. The van der Waals surface area contributed by atoms with Gasteiger partial charge in [0.1, 0.15) is 17.2 Å². The summed E-state index contributed by atoms with van der Waals surface area (Å²) in [5, 5.41) is 24.0. The van der Waals surface area contributed by atoms with Crippen molar-refractivity contribution in [2.45, 2.75) is 0 Å². The van der Waals surface area contributed by atoms with E-state index in [-0.39, 0.29) is 0 Å². The molecule has 7 heteroatoms. The summed E-state index contributed by atoms with van der Waals surface area (Å²) < 4.78 is 13.6. The smallest absolute Gasteiger partial charge is 0.220 e. The number of pyridine rings is 1. The number of nitrogens with zero attached hydrogens (tertiary/aromatic N) is 5. The van der Waals surface area contributed by atoms with Crippen LogP contribution in [0.1, 0.15) is 5.56 Å². The number of benzene rings is 10. The maximum absolute atomic E-state index is 12.1. The van der Waals surface area contributed by atoms with Crippen LogP contribution in [0.4, 0.5) is 5.69 Å². The van der Waals surface area contributed by atoms with Gasteiger partial charge in [0, 0.05) is 75.9 Å². The van der Waals surface area contributed by atoms with Crippen LogP contribution in [-0.4, -0.2) is 14.1 Å². The minimum atomic E-state index is 0.399. The van der Waals surface area contributed by atoms with Crippen molar-refractivity contribution in [3.05, 3.63) is 205 Å². The molecule has 0 amide bonds.